The van der Waals surface area contributed by atoms with Crippen LogP contribution in [0.1, 0.15) is 21.6 Å². The fraction of sp³-hybridized carbons (Fsp3) is 0.111. The lowest BCUT2D eigenvalue weighted by Crippen LogP contribution is -2.11. The van der Waals surface area contributed by atoms with Crippen molar-refractivity contribution in [1.29, 1.82) is 0 Å². The summed E-state index contributed by atoms with van der Waals surface area (Å²) in [5.74, 6) is -0.263. The van der Waals surface area contributed by atoms with Gasteiger partial charge in [-0.25, -0.2) is 4.79 Å². The molecule has 1 N–H and O–H groups in total. The van der Waals surface area contributed by atoms with Gasteiger partial charge in [0.2, 0.25) is 0 Å². The molecule has 23 heavy (non-hydrogen) atoms. The Morgan fingerprint density at radius 2 is 1.83 bits per heavy atom. The van der Waals surface area contributed by atoms with Crippen LogP contribution in [0.3, 0.4) is 0 Å². The fourth-order valence-corrected chi connectivity index (χ4v) is 2.26. The number of benzene rings is 2. The molecule has 0 saturated heterocycles. The van der Waals surface area contributed by atoms with E-state index >= 15 is 0 Å². The van der Waals surface area contributed by atoms with Gasteiger partial charge in [0.05, 0.1) is 12.7 Å². The summed E-state index contributed by atoms with van der Waals surface area (Å²) in [7, 11) is 0. The van der Waals surface area contributed by atoms with E-state index in [1.54, 1.807) is 12.1 Å². The van der Waals surface area contributed by atoms with E-state index in [0.29, 0.717) is 12.3 Å². The molecule has 1 aromatic heterocycles. The number of aromatic carboxylic acids is 1. The van der Waals surface area contributed by atoms with Crippen LogP contribution in [-0.4, -0.2) is 20.9 Å². The Hall–Kier alpha value is -3.08. The van der Waals surface area contributed by atoms with Crippen molar-refractivity contribution < 1.29 is 14.6 Å². The molecule has 1 heterocycles. The third-order valence-electron chi connectivity index (χ3n) is 3.43. The molecule has 0 bridgehead atoms. The molecule has 3 rings (SSSR count). The summed E-state index contributed by atoms with van der Waals surface area (Å²) in [6, 6.07) is 16.9. The first-order chi connectivity index (χ1) is 11.1. The van der Waals surface area contributed by atoms with Crippen LogP contribution in [0.4, 0.5) is 0 Å². The zero-order valence-corrected chi connectivity index (χ0v) is 12.6. The minimum absolute atomic E-state index is 0.0365. The van der Waals surface area contributed by atoms with Crippen LogP contribution >= 0.6 is 0 Å². The molecule has 0 unspecified atom stereocenters. The van der Waals surface area contributed by atoms with E-state index in [4.69, 9.17) is 4.74 Å². The lowest BCUT2D eigenvalue weighted by molar-refractivity contribution is 0.0681. The maximum atomic E-state index is 11.6. The first kappa shape index (κ1) is 14.8. The van der Waals surface area contributed by atoms with E-state index < -0.39 is 5.97 Å². The number of rotatable bonds is 5. The van der Waals surface area contributed by atoms with Crippen LogP contribution in [-0.2, 0) is 6.54 Å². The quantitative estimate of drug-likeness (QED) is 0.780. The second-order valence-corrected chi connectivity index (χ2v) is 5.22. The molecule has 3 aromatic rings. The van der Waals surface area contributed by atoms with E-state index in [1.807, 2.05) is 49.4 Å². The number of hydrogen-bond acceptors (Lipinski definition) is 3. The number of nitrogens with zero attached hydrogens (tertiary/aromatic N) is 2. The van der Waals surface area contributed by atoms with Crippen molar-refractivity contribution in [2.75, 3.05) is 0 Å². The molecular formula is C18H16N2O3. The lowest BCUT2D eigenvalue weighted by atomic mass is 10.1. The highest BCUT2D eigenvalue weighted by atomic mass is 16.5. The van der Waals surface area contributed by atoms with E-state index in [0.717, 1.165) is 11.1 Å². The smallest absolute Gasteiger partial charge is 0.358 e. The predicted molar refractivity (Wildman–Crippen MR) is 86.0 cm³/mol. The van der Waals surface area contributed by atoms with Crippen LogP contribution in [0, 0.1) is 6.92 Å². The van der Waals surface area contributed by atoms with Gasteiger partial charge in [-0.3, -0.25) is 4.68 Å². The molecular weight excluding hydrogens is 292 g/mol. The largest absolute Gasteiger partial charge is 0.476 e. The van der Waals surface area contributed by atoms with Gasteiger partial charge in [0.25, 0.3) is 0 Å². The third kappa shape index (κ3) is 3.40. The molecule has 2 aromatic carbocycles. The molecule has 0 spiro atoms. The van der Waals surface area contributed by atoms with Gasteiger partial charge >= 0.3 is 5.97 Å². The number of aryl methyl sites for hydroxylation is 1. The van der Waals surface area contributed by atoms with Crippen molar-refractivity contribution >= 4 is 5.97 Å². The van der Waals surface area contributed by atoms with E-state index in [9.17, 15) is 9.90 Å². The molecule has 5 heteroatoms. The number of aromatic nitrogens is 2. The van der Waals surface area contributed by atoms with Crippen LogP contribution in [0.2, 0.25) is 0 Å². The maximum Gasteiger partial charge on any atom is 0.358 e. The van der Waals surface area contributed by atoms with E-state index in [1.165, 1.54) is 10.9 Å². The van der Waals surface area contributed by atoms with Crippen LogP contribution in [0.5, 0.6) is 11.5 Å². The van der Waals surface area contributed by atoms with Gasteiger partial charge in [-0.15, -0.1) is 0 Å². The van der Waals surface area contributed by atoms with Crippen molar-refractivity contribution in [3.63, 3.8) is 0 Å². The van der Waals surface area contributed by atoms with Gasteiger partial charge in [-0.05, 0) is 24.6 Å². The van der Waals surface area contributed by atoms with Crippen molar-refractivity contribution in [2.24, 2.45) is 0 Å². The Kier molecular flexibility index (Phi) is 4.10. The summed E-state index contributed by atoms with van der Waals surface area (Å²) >= 11 is 0. The zero-order valence-electron chi connectivity index (χ0n) is 12.6. The van der Waals surface area contributed by atoms with Gasteiger partial charge in [-0.2, -0.15) is 5.10 Å². The molecule has 0 amide bonds. The predicted octanol–water partition coefficient (Wildman–Crippen LogP) is 3.73. The molecule has 5 nitrogen and oxygen atoms in total. The summed E-state index contributed by atoms with van der Waals surface area (Å²) in [6.07, 6.45) is 1.44. The first-order valence-corrected chi connectivity index (χ1v) is 7.21. The zero-order chi connectivity index (χ0) is 16.2. The molecule has 116 valence electrons. The van der Waals surface area contributed by atoms with Crippen molar-refractivity contribution in [3.05, 3.63) is 77.6 Å². The normalized spacial score (nSPS) is 10.5. The summed E-state index contributed by atoms with van der Waals surface area (Å²) < 4.78 is 7.08. The van der Waals surface area contributed by atoms with Crippen LogP contribution in [0.25, 0.3) is 0 Å². The van der Waals surface area contributed by atoms with Crippen LogP contribution < -0.4 is 4.74 Å². The second kappa shape index (κ2) is 6.36. The Morgan fingerprint density at radius 1 is 1.13 bits per heavy atom. The number of hydrogen-bond donors (Lipinski definition) is 1. The molecule has 0 aliphatic rings. The minimum Gasteiger partial charge on any atom is -0.476 e. The van der Waals surface area contributed by atoms with Gasteiger partial charge in [0, 0.05) is 0 Å². The summed E-state index contributed by atoms with van der Waals surface area (Å²) in [5.41, 5.74) is 2.17. The third-order valence-corrected chi connectivity index (χ3v) is 3.43. The van der Waals surface area contributed by atoms with Gasteiger partial charge in [0.15, 0.2) is 11.4 Å². The van der Waals surface area contributed by atoms with Gasteiger partial charge in [-0.1, -0.05) is 48.0 Å². The van der Waals surface area contributed by atoms with Gasteiger partial charge in [0.1, 0.15) is 5.75 Å². The SMILES string of the molecule is Cc1ccc(Cn2ncc(Oc3ccccc3)c2C(=O)O)cc1. The fourth-order valence-electron chi connectivity index (χ4n) is 2.26. The highest BCUT2D eigenvalue weighted by Gasteiger charge is 2.20. The summed E-state index contributed by atoms with van der Waals surface area (Å²) in [6.45, 7) is 2.38. The Labute approximate surface area is 133 Å². The summed E-state index contributed by atoms with van der Waals surface area (Å²) in [5, 5.41) is 13.7. The van der Waals surface area contributed by atoms with Crippen molar-refractivity contribution in [3.8, 4) is 11.5 Å². The minimum atomic E-state index is -1.07. The lowest BCUT2D eigenvalue weighted by Gasteiger charge is -2.07. The highest BCUT2D eigenvalue weighted by Crippen LogP contribution is 2.25. The van der Waals surface area contributed by atoms with Crippen LogP contribution in [0.15, 0.2) is 60.8 Å². The second-order valence-electron chi connectivity index (χ2n) is 5.22. The Bertz CT molecular complexity index is 808. The molecule has 0 aliphatic carbocycles. The standard InChI is InChI=1S/C18H16N2O3/c1-13-7-9-14(10-8-13)12-20-17(18(21)22)16(11-19-20)23-15-5-3-2-4-6-15/h2-11H,12H2,1H3,(H,21,22). The number of carboxylic acid groups (broad SMARTS) is 1. The number of para-hydroxylation sites is 1. The molecule has 0 fully saturated rings. The topological polar surface area (TPSA) is 64.4 Å². The van der Waals surface area contributed by atoms with Gasteiger partial charge < -0.3 is 9.84 Å². The molecule has 0 saturated carbocycles. The first-order valence-electron chi connectivity index (χ1n) is 7.21. The Balaban J connectivity index is 1.89. The highest BCUT2D eigenvalue weighted by molar-refractivity contribution is 5.89. The monoisotopic (exact) mass is 308 g/mol. The van der Waals surface area contributed by atoms with E-state index in [-0.39, 0.29) is 11.4 Å². The van der Waals surface area contributed by atoms with Crippen molar-refractivity contribution in [1.82, 2.24) is 9.78 Å². The van der Waals surface area contributed by atoms with E-state index in [2.05, 4.69) is 5.10 Å². The summed E-state index contributed by atoms with van der Waals surface area (Å²) in [4.78, 5) is 11.6. The number of carbonyl (C=O) groups is 1. The maximum absolute atomic E-state index is 11.6. The number of carboxylic acids is 1. The molecule has 0 aliphatic heterocycles. The Morgan fingerprint density at radius 3 is 2.48 bits per heavy atom. The number of ether oxygens (including phenoxy) is 1. The average molecular weight is 308 g/mol. The van der Waals surface area contributed by atoms with Crippen molar-refractivity contribution in [2.45, 2.75) is 13.5 Å². The molecule has 0 atom stereocenters. The molecule has 0 radical (unpaired) electrons. The average Bonchev–Trinajstić information content (AvgIpc) is 2.93.